The highest BCUT2D eigenvalue weighted by molar-refractivity contribution is 6.31. The van der Waals surface area contributed by atoms with Gasteiger partial charge in [-0.15, -0.1) is 0 Å². The lowest BCUT2D eigenvalue weighted by atomic mass is 10.2. The van der Waals surface area contributed by atoms with Crippen molar-refractivity contribution in [2.45, 2.75) is 26.9 Å². The third-order valence-electron chi connectivity index (χ3n) is 2.14. The molecule has 0 saturated heterocycles. The number of nitrogens with zero attached hydrogens (tertiary/aromatic N) is 1. The number of aromatic nitrogens is 1. The fourth-order valence-electron chi connectivity index (χ4n) is 1.11. The summed E-state index contributed by atoms with van der Waals surface area (Å²) in [5.74, 6) is -1.26. The van der Waals surface area contributed by atoms with Gasteiger partial charge in [0, 0.05) is 13.3 Å². The summed E-state index contributed by atoms with van der Waals surface area (Å²) in [4.78, 5) is 10.9. The molecule has 0 aliphatic carbocycles. The smallest absolute Gasteiger partial charge is 0.305 e. The Kier molecular flexibility index (Phi) is 4.06. The van der Waals surface area contributed by atoms with Crippen LogP contribution in [0.5, 0.6) is 0 Å². The lowest BCUT2D eigenvalue weighted by molar-refractivity contribution is -0.614. The molecule has 4 nitrogen and oxygen atoms in total. The molecule has 0 unspecified atom stereocenters. The molecule has 0 N–H and O–H groups in total. The zero-order valence-corrected chi connectivity index (χ0v) is 9.68. The van der Waals surface area contributed by atoms with Gasteiger partial charge in [0.15, 0.2) is 5.69 Å². The molecule has 6 heteroatoms. The van der Waals surface area contributed by atoms with Crippen LogP contribution in [0.25, 0.3) is 0 Å². The number of hydrogen-bond donors (Lipinski definition) is 0. The Balaban J connectivity index is 2.99. The van der Waals surface area contributed by atoms with Crippen molar-refractivity contribution in [2.75, 3.05) is 0 Å². The second kappa shape index (κ2) is 5.12. The van der Waals surface area contributed by atoms with Crippen LogP contribution < -0.4 is 4.73 Å². The van der Waals surface area contributed by atoms with Crippen LogP contribution in [-0.2, 0) is 16.1 Å². The van der Waals surface area contributed by atoms with Gasteiger partial charge < -0.3 is 9.94 Å². The van der Waals surface area contributed by atoms with Crippen LogP contribution in [0.4, 0.5) is 4.39 Å². The van der Waals surface area contributed by atoms with Crippen molar-refractivity contribution in [1.29, 1.82) is 0 Å². The highest BCUT2D eigenvalue weighted by atomic mass is 35.5. The van der Waals surface area contributed by atoms with E-state index < -0.39 is 11.8 Å². The van der Waals surface area contributed by atoms with Gasteiger partial charge in [-0.3, -0.25) is 4.79 Å². The van der Waals surface area contributed by atoms with Gasteiger partial charge >= 0.3 is 5.97 Å². The Labute approximate surface area is 97.2 Å². The summed E-state index contributed by atoms with van der Waals surface area (Å²) in [6.07, 6.45) is 0.951. The zero-order valence-electron chi connectivity index (χ0n) is 8.92. The first-order valence-corrected chi connectivity index (χ1v) is 5.07. The van der Waals surface area contributed by atoms with Crippen molar-refractivity contribution in [3.05, 3.63) is 33.5 Å². The Morgan fingerprint density at radius 3 is 2.88 bits per heavy atom. The van der Waals surface area contributed by atoms with E-state index >= 15 is 0 Å². The van der Waals surface area contributed by atoms with Gasteiger partial charge in [0.25, 0.3) is 0 Å². The first kappa shape index (κ1) is 12.7. The molecule has 1 rings (SSSR count). The summed E-state index contributed by atoms with van der Waals surface area (Å²) in [6.45, 7) is 2.92. The average molecular weight is 248 g/mol. The van der Waals surface area contributed by atoms with Crippen molar-refractivity contribution in [3.63, 3.8) is 0 Å². The highest BCUT2D eigenvalue weighted by Gasteiger charge is 2.18. The monoisotopic (exact) mass is 247 g/mol. The summed E-state index contributed by atoms with van der Waals surface area (Å²) in [7, 11) is 0. The van der Waals surface area contributed by atoms with Crippen LogP contribution >= 0.6 is 11.6 Å². The lowest BCUT2D eigenvalue weighted by Gasteiger charge is -2.09. The van der Waals surface area contributed by atoms with Gasteiger partial charge in [0.1, 0.15) is 6.61 Å². The molecule has 0 bridgehead atoms. The lowest BCUT2D eigenvalue weighted by Crippen LogP contribution is -2.32. The standard InChI is InChI=1S/C10H11ClFNO3/c1-3-9(14)16-5-7-6(2)13(15)4-8(12)10(7)11/h4H,3,5H2,1-2H3. The third-order valence-corrected chi connectivity index (χ3v) is 2.55. The molecule has 0 spiro atoms. The van der Waals surface area contributed by atoms with E-state index in [9.17, 15) is 14.4 Å². The van der Waals surface area contributed by atoms with Crippen LogP contribution in [0.2, 0.25) is 5.02 Å². The van der Waals surface area contributed by atoms with Gasteiger partial charge in [-0.25, -0.2) is 0 Å². The summed E-state index contributed by atoms with van der Waals surface area (Å²) in [6, 6.07) is 0. The number of halogens is 2. The Bertz CT molecular complexity index is 397. The number of ether oxygens (including phenoxy) is 1. The molecular weight excluding hydrogens is 237 g/mol. The molecule has 0 fully saturated rings. The largest absolute Gasteiger partial charge is 0.618 e. The average Bonchev–Trinajstić information content (AvgIpc) is 2.26. The topological polar surface area (TPSA) is 53.2 Å². The maximum Gasteiger partial charge on any atom is 0.305 e. The summed E-state index contributed by atoms with van der Waals surface area (Å²) in [5.41, 5.74) is 0.411. The SMILES string of the molecule is CCC(=O)OCc1c(Cl)c(F)c[n+]([O-])c1C. The predicted octanol–water partition coefficient (Wildman–Crippen LogP) is 1.87. The van der Waals surface area contributed by atoms with Gasteiger partial charge in [-0.1, -0.05) is 18.5 Å². The molecular formula is C10H11ClFNO3. The maximum atomic E-state index is 13.1. The molecule has 1 heterocycles. The number of carbonyl (C=O) groups is 1. The van der Waals surface area contributed by atoms with E-state index in [-0.39, 0.29) is 29.3 Å². The van der Waals surface area contributed by atoms with Crippen molar-refractivity contribution in [3.8, 4) is 0 Å². The Morgan fingerprint density at radius 1 is 1.69 bits per heavy atom. The summed E-state index contributed by atoms with van der Waals surface area (Å²) >= 11 is 5.68. The normalized spacial score (nSPS) is 10.2. The van der Waals surface area contributed by atoms with Crippen molar-refractivity contribution in [1.82, 2.24) is 0 Å². The fraction of sp³-hybridized carbons (Fsp3) is 0.400. The van der Waals surface area contributed by atoms with Crippen LogP contribution in [0.15, 0.2) is 6.20 Å². The maximum absolute atomic E-state index is 13.1. The van der Waals surface area contributed by atoms with Gasteiger partial charge in [0.2, 0.25) is 12.0 Å². The molecule has 88 valence electrons. The van der Waals surface area contributed by atoms with E-state index in [1.807, 2.05) is 0 Å². The molecule has 1 aromatic heterocycles. The number of rotatable bonds is 3. The van der Waals surface area contributed by atoms with E-state index in [2.05, 4.69) is 0 Å². The second-order valence-electron chi connectivity index (χ2n) is 3.20. The van der Waals surface area contributed by atoms with Crippen molar-refractivity contribution >= 4 is 17.6 Å². The van der Waals surface area contributed by atoms with Gasteiger partial charge in [-0.05, 0) is 0 Å². The first-order valence-electron chi connectivity index (χ1n) is 4.69. The van der Waals surface area contributed by atoms with Crippen molar-refractivity contribution < 1.29 is 18.7 Å². The zero-order chi connectivity index (χ0) is 12.3. The molecule has 0 aromatic carbocycles. The van der Waals surface area contributed by atoms with Crippen LogP contribution in [0, 0.1) is 17.9 Å². The predicted molar refractivity (Wildman–Crippen MR) is 55.2 cm³/mol. The van der Waals surface area contributed by atoms with E-state index in [0.29, 0.717) is 4.73 Å². The number of hydrogen-bond acceptors (Lipinski definition) is 3. The Morgan fingerprint density at radius 2 is 2.31 bits per heavy atom. The summed E-state index contributed by atoms with van der Waals surface area (Å²) in [5, 5.41) is 11.0. The Hall–Kier alpha value is -1.36. The molecule has 0 aliphatic rings. The second-order valence-corrected chi connectivity index (χ2v) is 3.57. The molecule has 1 aromatic rings. The van der Waals surface area contributed by atoms with Gasteiger partial charge in [-0.2, -0.15) is 9.12 Å². The fourth-order valence-corrected chi connectivity index (χ4v) is 1.36. The number of pyridine rings is 1. The van der Waals surface area contributed by atoms with Crippen LogP contribution in [0.1, 0.15) is 24.6 Å². The molecule has 16 heavy (non-hydrogen) atoms. The first-order chi connectivity index (χ1) is 7.47. The molecule has 0 atom stereocenters. The minimum atomic E-state index is -0.829. The van der Waals surface area contributed by atoms with E-state index in [1.54, 1.807) is 6.92 Å². The number of esters is 1. The molecule has 0 aliphatic heterocycles. The molecule has 0 amide bonds. The van der Waals surface area contributed by atoms with E-state index in [0.717, 1.165) is 6.20 Å². The van der Waals surface area contributed by atoms with Crippen LogP contribution in [0.3, 0.4) is 0 Å². The van der Waals surface area contributed by atoms with Crippen LogP contribution in [-0.4, -0.2) is 5.97 Å². The van der Waals surface area contributed by atoms with E-state index in [4.69, 9.17) is 16.3 Å². The minimum absolute atomic E-state index is 0.187. The van der Waals surface area contributed by atoms with Gasteiger partial charge in [0.05, 0.1) is 10.6 Å². The molecule has 0 saturated carbocycles. The third kappa shape index (κ3) is 2.61. The minimum Gasteiger partial charge on any atom is -0.618 e. The quantitative estimate of drug-likeness (QED) is 0.466. The molecule has 0 radical (unpaired) electrons. The van der Waals surface area contributed by atoms with Crippen molar-refractivity contribution in [2.24, 2.45) is 0 Å². The summed E-state index contributed by atoms with van der Waals surface area (Å²) < 4.78 is 18.3. The highest BCUT2D eigenvalue weighted by Crippen LogP contribution is 2.21. The number of carbonyl (C=O) groups excluding carboxylic acids is 1. The van der Waals surface area contributed by atoms with E-state index in [1.165, 1.54) is 6.92 Å².